The van der Waals surface area contributed by atoms with Crippen LogP contribution in [0.1, 0.15) is 19.8 Å². The van der Waals surface area contributed by atoms with Gasteiger partial charge >= 0.3 is 0 Å². The molecule has 1 saturated heterocycles. The van der Waals surface area contributed by atoms with Crippen molar-refractivity contribution in [3.8, 4) is 0 Å². The summed E-state index contributed by atoms with van der Waals surface area (Å²) >= 11 is 0. The number of hydrogen-bond donors (Lipinski definition) is 1. The SMILES string of the molecule is CCC1CN(S(=O)(=O)c2cccc([N+](=O)[O-])c2)CCC1N. The molecule has 0 spiro atoms. The van der Waals surface area contributed by atoms with E-state index >= 15 is 0 Å². The first-order valence-electron chi connectivity index (χ1n) is 6.86. The molecular weight excluding hydrogens is 294 g/mol. The van der Waals surface area contributed by atoms with E-state index in [0.717, 1.165) is 12.5 Å². The second-order valence-corrected chi connectivity index (χ2v) is 7.18. The molecule has 21 heavy (non-hydrogen) atoms. The second kappa shape index (κ2) is 6.08. The van der Waals surface area contributed by atoms with Gasteiger partial charge in [0.15, 0.2) is 0 Å². The Hall–Kier alpha value is -1.51. The highest BCUT2D eigenvalue weighted by Gasteiger charge is 2.33. The van der Waals surface area contributed by atoms with Crippen LogP contribution in [0.25, 0.3) is 0 Å². The van der Waals surface area contributed by atoms with Gasteiger partial charge in [-0.05, 0) is 18.4 Å². The molecule has 2 unspecified atom stereocenters. The van der Waals surface area contributed by atoms with Crippen LogP contribution in [0.2, 0.25) is 0 Å². The van der Waals surface area contributed by atoms with E-state index in [1.807, 2.05) is 6.92 Å². The summed E-state index contributed by atoms with van der Waals surface area (Å²) in [6.45, 7) is 2.69. The minimum absolute atomic E-state index is 0.00607. The third-order valence-electron chi connectivity index (χ3n) is 3.95. The molecule has 0 radical (unpaired) electrons. The van der Waals surface area contributed by atoms with E-state index in [1.54, 1.807) is 0 Å². The molecule has 0 bridgehead atoms. The molecule has 116 valence electrons. The number of nitrogens with zero attached hydrogens (tertiary/aromatic N) is 2. The van der Waals surface area contributed by atoms with Crippen molar-refractivity contribution >= 4 is 15.7 Å². The summed E-state index contributed by atoms with van der Waals surface area (Å²) in [5, 5.41) is 10.8. The number of sulfonamides is 1. The number of benzene rings is 1. The molecule has 2 N–H and O–H groups in total. The largest absolute Gasteiger partial charge is 0.327 e. The highest BCUT2D eigenvalue weighted by Crippen LogP contribution is 2.26. The Kier molecular flexibility index (Phi) is 4.60. The molecule has 7 nitrogen and oxygen atoms in total. The molecule has 0 aromatic heterocycles. The normalized spacial score (nSPS) is 23.9. The Morgan fingerprint density at radius 3 is 2.81 bits per heavy atom. The number of rotatable bonds is 4. The fourth-order valence-electron chi connectivity index (χ4n) is 2.57. The molecule has 1 aromatic carbocycles. The van der Waals surface area contributed by atoms with E-state index in [2.05, 4.69) is 0 Å². The number of piperidine rings is 1. The van der Waals surface area contributed by atoms with E-state index in [0.29, 0.717) is 19.5 Å². The van der Waals surface area contributed by atoms with Crippen molar-refractivity contribution in [3.05, 3.63) is 34.4 Å². The van der Waals surface area contributed by atoms with Gasteiger partial charge in [-0.25, -0.2) is 8.42 Å². The minimum atomic E-state index is -3.71. The summed E-state index contributed by atoms with van der Waals surface area (Å²) < 4.78 is 26.6. The van der Waals surface area contributed by atoms with Gasteiger partial charge in [0.25, 0.3) is 5.69 Å². The third kappa shape index (κ3) is 3.22. The van der Waals surface area contributed by atoms with Crippen molar-refractivity contribution in [2.24, 2.45) is 11.7 Å². The quantitative estimate of drug-likeness (QED) is 0.667. The first kappa shape index (κ1) is 15.9. The standard InChI is InChI=1S/C13H19N3O4S/c1-2-10-9-15(7-6-13(10)14)21(19,20)12-5-3-4-11(8-12)16(17)18/h3-5,8,10,13H,2,6-7,9,14H2,1H3. The van der Waals surface area contributed by atoms with Gasteiger partial charge in [-0.1, -0.05) is 19.4 Å². The van der Waals surface area contributed by atoms with Gasteiger partial charge in [0.05, 0.1) is 9.82 Å². The van der Waals surface area contributed by atoms with Crippen molar-refractivity contribution in [2.45, 2.75) is 30.7 Å². The Bertz CT molecular complexity index is 632. The Morgan fingerprint density at radius 2 is 2.19 bits per heavy atom. The average Bonchev–Trinajstić information content (AvgIpc) is 2.47. The van der Waals surface area contributed by atoms with Crippen molar-refractivity contribution in [1.29, 1.82) is 0 Å². The maximum atomic E-state index is 12.6. The Labute approximate surface area is 123 Å². The summed E-state index contributed by atoms with van der Waals surface area (Å²) in [6, 6.07) is 5.16. The number of nitrogens with two attached hydrogens (primary N) is 1. The lowest BCUT2D eigenvalue weighted by atomic mass is 9.92. The van der Waals surface area contributed by atoms with Gasteiger partial charge < -0.3 is 5.73 Å². The Morgan fingerprint density at radius 1 is 1.48 bits per heavy atom. The van der Waals surface area contributed by atoms with E-state index < -0.39 is 14.9 Å². The van der Waals surface area contributed by atoms with Crippen LogP contribution in [0.5, 0.6) is 0 Å². The number of hydrogen-bond acceptors (Lipinski definition) is 5. The first-order chi connectivity index (χ1) is 9.86. The molecular formula is C13H19N3O4S. The molecule has 1 aliphatic rings. The van der Waals surface area contributed by atoms with Crippen molar-refractivity contribution in [2.75, 3.05) is 13.1 Å². The highest BCUT2D eigenvalue weighted by molar-refractivity contribution is 7.89. The third-order valence-corrected chi connectivity index (χ3v) is 5.81. The predicted octanol–water partition coefficient (Wildman–Crippen LogP) is 1.34. The van der Waals surface area contributed by atoms with Gasteiger partial charge in [0, 0.05) is 31.3 Å². The van der Waals surface area contributed by atoms with Crippen molar-refractivity contribution in [3.63, 3.8) is 0 Å². The lowest BCUT2D eigenvalue weighted by Crippen LogP contribution is -2.48. The maximum absolute atomic E-state index is 12.6. The van der Waals surface area contributed by atoms with Crippen LogP contribution < -0.4 is 5.73 Å². The zero-order valence-corrected chi connectivity index (χ0v) is 12.6. The first-order valence-corrected chi connectivity index (χ1v) is 8.30. The molecule has 1 fully saturated rings. The van der Waals surface area contributed by atoms with Crippen molar-refractivity contribution in [1.82, 2.24) is 4.31 Å². The minimum Gasteiger partial charge on any atom is -0.327 e. The monoisotopic (exact) mass is 313 g/mol. The average molecular weight is 313 g/mol. The molecule has 0 amide bonds. The van der Waals surface area contributed by atoms with Gasteiger partial charge in [0.1, 0.15) is 0 Å². The predicted molar refractivity (Wildman–Crippen MR) is 78.2 cm³/mol. The van der Waals surface area contributed by atoms with Crippen LogP contribution in [-0.2, 0) is 10.0 Å². The fraction of sp³-hybridized carbons (Fsp3) is 0.538. The molecule has 1 heterocycles. The zero-order chi connectivity index (χ0) is 15.6. The second-order valence-electron chi connectivity index (χ2n) is 5.24. The smallest absolute Gasteiger partial charge is 0.270 e. The topological polar surface area (TPSA) is 107 Å². The van der Waals surface area contributed by atoms with Crippen molar-refractivity contribution < 1.29 is 13.3 Å². The van der Waals surface area contributed by atoms with Gasteiger partial charge in [-0.15, -0.1) is 0 Å². The summed E-state index contributed by atoms with van der Waals surface area (Å²) in [5.74, 6) is 0.118. The van der Waals surface area contributed by atoms with Crippen LogP contribution in [0, 0.1) is 16.0 Å². The lowest BCUT2D eigenvalue weighted by Gasteiger charge is -2.35. The number of nitro benzene ring substituents is 1. The molecule has 1 aliphatic heterocycles. The van der Waals surface area contributed by atoms with Gasteiger partial charge in [-0.3, -0.25) is 10.1 Å². The van der Waals surface area contributed by atoms with Gasteiger partial charge in [0.2, 0.25) is 10.0 Å². The van der Waals surface area contributed by atoms with Gasteiger partial charge in [-0.2, -0.15) is 4.31 Å². The Balaban J connectivity index is 2.30. The van der Waals surface area contributed by atoms with E-state index in [-0.39, 0.29) is 22.5 Å². The summed E-state index contributed by atoms with van der Waals surface area (Å²) in [7, 11) is -3.71. The lowest BCUT2D eigenvalue weighted by molar-refractivity contribution is -0.385. The van der Waals surface area contributed by atoms with Crippen LogP contribution in [0.4, 0.5) is 5.69 Å². The highest BCUT2D eigenvalue weighted by atomic mass is 32.2. The summed E-state index contributed by atoms with van der Waals surface area (Å²) in [4.78, 5) is 10.1. The van der Waals surface area contributed by atoms with Crippen LogP contribution in [0.3, 0.4) is 0 Å². The van der Waals surface area contributed by atoms with Crippen LogP contribution in [0.15, 0.2) is 29.2 Å². The summed E-state index contributed by atoms with van der Waals surface area (Å²) in [5.41, 5.74) is 5.76. The molecule has 0 aliphatic carbocycles. The van der Waals surface area contributed by atoms with E-state index in [9.17, 15) is 18.5 Å². The van der Waals surface area contributed by atoms with E-state index in [1.165, 1.54) is 22.5 Å². The molecule has 0 saturated carbocycles. The van der Waals surface area contributed by atoms with E-state index in [4.69, 9.17) is 5.73 Å². The van der Waals surface area contributed by atoms with Crippen LogP contribution >= 0.6 is 0 Å². The molecule has 2 atom stereocenters. The fourth-order valence-corrected chi connectivity index (χ4v) is 4.13. The molecule has 2 rings (SSSR count). The number of nitro groups is 1. The molecule has 1 aromatic rings. The zero-order valence-electron chi connectivity index (χ0n) is 11.8. The summed E-state index contributed by atoms with van der Waals surface area (Å²) in [6.07, 6.45) is 1.41. The molecule has 8 heteroatoms. The maximum Gasteiger partial charge on any atom is 0.270 e. The van der Waals surface area contributed by atoms with Crippen LogP contribution in [-0.4, -0.2) is 36.8 Å². The number of non-ortho nitro benzene ring substituents is 1.